The van der Waals surface area contributed by atoms with Crippen molar-refractivity contribution in [2.45, 2.75) is 31.7 Å². The van der Waals surface area contributed by atoms with Crippen molar-refractivity contribution in [3.8, 4) is 0 Å². The maximum absolute atomic E-state index is 11.2. The molecule has 1 aromatic heterocycles. The molecule has 108 valence electrons. The molecule has 0 radical (unpaired) electrons. The van der Waals surface area contributed by atoms with Gasteiger partial charge in [-0.3, -0.25) is 4.79 Å². The van der Waals surface area contributed by atoms with Crippen molar-refractivity contribution in [1.82, 2.24) is 10.2 Å². The summed E-state index contributed by atoms with van der Waals surface area (Å²) >= 11 is 0. The van der Waals surface area contributed by atoms with Gasteiger partial charge in [-0.25, -0.2) is 4.79 Å². The maximum Gasteiger partial charge on any atom is 0.358 e. The van der Waals surface area contributed by atoms with Gasteiger partial charge >= 0.3 is 11.9 Å². The van der Waals surface area contributed by atoms with E-state index in [-0.39, 0.29) is 11.7 Å². The fourth-order valence-electron chi connectivity index (χ4n) is 2.41. The van der Waals surface area contributed by atoms with Gasteiger partial charge in [0.15, 0.2) is 5.69 Å². The number of anilines is 1. The van der Waals surface area contributed by atoms with Gasteiger partial charge in [0.25, 0.3) is 0 Å². The summed E-state index contributed by atoms with van der Waals surface area (Å²) in [6, 6.07) is 2.95. The summed E-state index contributed by atoms with van der Waals surface area (Å²) in [5.74, 6) is -1.28. The minimum Gasteiger partial charge on any atom is -0.481 e. The molecule has 2 rings (SSSR count). The number of carboxylic acid groups (broad SMARTS) is 1. The Balaban J connectivity index is 2.05. The number of carbonyl (C=O) groups is 2. The molecule has 0 saturated heterocycles. The van der Waals surface area contributed by atoms with E-state index >= 15 is 0 Å². The predicted octanol–water partition coefficient (Wildman–Crippen LogP) is 1.32. The molecule has 0 aliphatic heterocycles. The van der Waals surface area contributed by atoms with Crippen LogP contribution in [0, 0.1) is 5.92 Å². The average Bonchev–Trinajstić information content (AvgIpc) is 2.47. The van der Waals surface area contributed by atoms with E-state index in [0.717, 1.165) is 19.3 Å². The Bertz CT molecular complexity index is 489. The number of aliphatic carboxylic acids is 1. The third kappa shape index (κ3) is 3.23. The number of nitrogens with zero attached hydrogens (tertiary/aromatic N) is 2. The van der Waals surface area contributed by atoms with Gasteiger partial charge in [0, 0.05) is 6.04 Å². The first-order valence-corrected chi connectivity index (χ1v) is 6.53. The van der Waals surface area contributed by atoms with Crippen molar-refractivity contribution in [2.24, 2.45) is 5.92 Å². The average molecular weight is 279 g/mol. The molecule has 1 aromatic rings. The summed E-state index contributed by atoms with van der Waals surface area (Å²) in [5, 5.41) is 19.9. The Labute approximate surface area is 116 Å². The molecule has 1 fully saturated rings. The van der Waals surface area contributed by atoms with Gasteiger partial charge in [-0.1, -0.05) is 12.8 Å². The number of ether oxygens (including phenoxy) is 1. The molecule has 1 saturated carbocycles. The van der Waals surface area contributed by atoms with E-state index < -0.39 is 17.9 Å². The Kier molecular flexibility index (Phi) is 4.49. The normalized spacial score (nSPS) is 22.1. The number of hydrogen-bond acceptors (Lipinski definition) is 6. The Morgan fingerprint density at radius 1 is 1.30 bits per heavy atom. The number of methoxy groups -OCH3 is 1. The van der Waals surface area contributed by atoms with Crippen LogP contribution in [-0.4, -0.2) is 40.4 Å². The zero-order valence-electron chi connectivity index (χ0n) is 11.2. The van der Waals surface area contributed by atoms with Crippen molar-refractivity contribution in [3.63, 3.8) is 0 Å². The largest absolute Gasteiger partial charge is 0.481 e. The van der Waals surface area contributed by atoms with E-state index in [0.29, 0.717) is 12.2 Å². The van der Waals surface area contributed by atoms with Gasteiger partial charge in [-0.15, -0.1) is 10.2 Å². The Hall–Kier alpha value is -2.18. The van der Waals surface area contributed by atoms with Gasteiger partial charge in [0.1, 0.15) is 5.82 Å². The number of nitrogens with one attached hydrogen (secondary N) is 1. The molecule has 20 heavy (non-hydrogen) atoms. The van der Waals surface area contributed by atoms with Crippen LogP contribution in [0.25, 0.3) is 0 Å². The van der Waals surface area contributed by atoms with E-state index in [1.54, 1.807) is 6.07 Å². The Morgan fingerprint density at radius 2 is 2.05 bits per heavy atom. The summed E-state index contributed by atoms with van der Waals surface area (Å²) in [7, 11) is 1.27. The van der Waals surface area contributed by atoms with Gasteiger partial charge < -0.3 is 15.2 Å². The van der Waals surface area contributed by atoms with E-state index in [2.05, 4.69) is 20.3 Å². The molecule has 2 N–H and O–H groups in total. The van der Waals surface area contributed by atoms with Crippen LogP contribution in [0.4, 0.5) is 5.82 Å². The van der Waals surface area contributed by atoms with Crippen molar-refractivity contribution in [2.75, 3.05) is 12.4 Å². The van der Waals surface area contributed by atoms with Crippen LogP contribution in [0.2, 0.25) is 0 Å². The maximum atomic E-state index is 11.2. The molecule has 0 bridgehead atoms. The lowest BCUT2D eigenvalue weighted by Gasteiger charge is -2.29. The van der Waals surface area contributed by atoms with E-state index in [9.17, 15) is 14.7 Å². The van der Waals surface area contributed by atoms with Crippen molar-refractivity contribution >= 4 is 17.8 Å². The highest BCUT2D eigenvalue weighted by Crippen LogP contribution is 2.26. The first kappa shape index (κ1) is 14.2. The second kappa shape index (κ2) is 6.31. The molecule has 1 aliphatic carbocycles. The third-order valence-electron chi connectivity index (χ3n) is 3.48. The zero-order valence-corrected chi connectivity index (χ0v) is 11.2. The molecule has 1 aliphatic rings. The zero-order chi connectivity index (χ0) is 14.5. The number of carboxylic acids is 1. The first-order valence-electron chi connectivity index (χ1n) is 6.53. The topological polar surface area (TPSA) is 101 Å². The van der Waals surface area contributed by atoms with Gasteiger partial charge in [-0.2, -0.15) is 0 Å². The second-order valence-corrected chi connectivity index (χ2v) is 4.78. The molecular weight excluding hydrogens is 262 g/mol. The minimum absolute atomic E-state index is 0.122. The lowest BCUT2D eigenvalue weighted by Crippen LogP contribution is -2.37. The van der Waals surface area contributed by atoms with Crippen molar-refractivity contribution in [1.29, 1.82) is 0 Å². The summed E-state index contributed by atoms with van der Waals surface area (Å²) in [6.07, 6.45) is 3.38. The number of hydrogen-bond donors (Lipinski definition) is 2. The van der Waals surface area contributed by atoms with Crippen LogP contribution in [0.15, 0.2) is 12.1 Å². The quantitative estimate of drug-likeness (QED) is 0.801. The second-order valence-electron chi connectivity index (χ2n) is 4.78. The molecule has 2 atom stereocenters. The predicted molar refractivity (Wildman–Crippen MR) is 70.4 cm³/mol. The van der Waals surface area contributed by atoms with E-state index in [4.69, 9.17) is 0 Å². The smallest absolute Gasteiger partial charge is 0.358 e. The molecule has 7 heteroatoms. The molecule has 2 unspecified atom stereocenters. The molecule has 1 heterocycles. The SMILES string of the molecule is COC(=O)c1ccc(NC2CCCCC2C(=O)O)nn1. The van der Waals surface area contributed by atoms with E-state index in [1.165, 1.54) is 13.2 Å². The summed E-state index contributed by atoms with van der Waals surface area (Å²) in [6.45, 7) is 0. The number of esters is 1. The van der Waals surface area contributed by atoms with Crippen molar-refractivity contribution < 1.29 is 19.4 Å². The molecule has 7 nitrogen and oxygen atoms in total. The summed E-state index contributed by atoms with van der Waals surface area (Å²) in [5.41, 5.74) is 0.122. The molecule has 0 amide bonds. The van der Waals surface area contributed by atoms with Crippen LogP contribution in [0.5, 0.6) is 0 Å². The van der Waals surface area contributed by atoms with Gasteiger partial charge in [0.2, 0.25) is 0 Å². The monoisotopic (exact) mass is 279 g/mol. The first-order chi connectivity index (χ1) is 9.61. The molecule has 0 spiro atoms. The lowest BCUT2D eigenvalue weighted by molar-refractivity contribution is -0.143. The highest BCUT2D eigenvalue weighted by Gasteiger charge is 2.30. The van der Waals surface area contributed by atoms with Gasteiger partial charge in [-0.05, 0) is 25.0 Å². The summed E-state index contributed by atoms with van der Waals surface area (Å²) < 4.78 is 4.54. The van der Waals surface area contributed by atoms with Crippen LogP contribution >= 0.6 is 0 Å². The lowest BCUT2D eigenvalue weighted by atomic mass is 9.84. The van der Waals surface area contributed by atoms with Crippen LogP contribution in [0.3, 0.4) is 0 Å². The standard InChI is InChI=1S/C13H17N3O4/c1-20-13(19)10-6-7-11(16-15-10)14-9-5-3-2-4-8(9)12(17)18/h6-9H,2-5H2,1H3,(H,14,16)(H,17,18). The van der Waals surface area contributed by atoms with E-state index in [1.807, 2.05) is 0 Å². The number of aromatic nitrogens is 2. The molecule has 0 aromatic carbocycles. The number of carbonyl (C=O) groups excluding carboxylic acids is 1. The highest BCUT2D eigenvalue weighted by atomic mass is 16.5. The minimum atomic E-state index is -0.790. The van der Waals surface area contributed by atoms with Gasteiger partial charge in [0.05, 0.1) is 13.0 Å². The molecular formula is C13H17N3O4. The van der Waals surface area contributed by atoms with Crippen LogP contribution in [-0.2, 0) is 9.53 Å². The number of rotatable bonds is 4. The van der Waals surface area contributed by atoms with Crippen molar-refractivity contribution in [3.05, 3.63) is 17.8 Å². The van der Waals surface area contributed by atoms with Crippen LogP contribution < -0.4 is 5.32 Å². The fourth-order valence-corrected chi connectivity index (χ4v) is 2.41. The summed E-state index contributed by atoms with van der Waals surface area (Å²) in [4.78, 5) is 22.4. The third-order valence-corrected chi connectivity index (χ3v) is 3.48. The van der Waals surface area contributed by atoms with Crippen LogP contribution in [0.1, 0.15) is 36.2 Å². The Morgan fingerprint density at radius 3 is 2.65 bits per heavy atom. The fraction of sp³-hybridized carbons (Fsp3) is 0.538. The highest BCUT2D eigenvalue weighted by molar-refractivity contribution is 5.86.